The van der Waals surface area contributed by atoms with Crippen molar-refractivity contribution < 1.29 is 28.4 Å². The van der Waals surface area contributed by atoms with Gasteiger partial charge in [-0.1, -0.05) is 36.7 Å². The average molecular weight is 697 g/mol. The van der Waals surface area contributed by atoms with Gasteiger partial charge in [-0.15, -0.1) is 4.36 Å². The summed E-state index contributed by atoms with van der Waals surface area (Å²) in [6, 6.07) is 10.9. The second kappa shape index (κ2) is 13.3. The number of methoxy groups -OCH3 is 1. The van der Waals surface area contributed by atoms with Gasteiger partial charge in [-0.2, -0.15) is 0 Å². The zero-order valence-corrected chi connectivity index (χ0v) is 29.2. The van der Waals surface area contributed by atoms with Gasteiger partial charge in [0.1, 0.15) is 15.7 Å². The van der Waals surface area contributed by atoms with Gasteiger partial charge in [0.15, 0.2) is 0 Å². The Morgan fingerprint density at radius 2 is 2.02 bits per heavy atom. The Labute approximate surface area is 288 Å². The standard InChI is InChI=1S/C36H45ClN4O6S/c1-23-5-3-7-32(46-2)29-11-8-26(29)17-41-21-36(14-4-6-24-15-27(37)10-12-30(24)36)22-47-33-13-9-25(16-31(33)41)34(43)38-48(45,20-23)39-35(44)40-18-28(42)19-40/h3,7,9-10,12-13,15-16,23,26,28-29,32,42H,4-6,8,11,14,17-22H2,1-2H3,(H,38,39,43,44,45)/b7-3+/t23-,26-,29+,32-,36-,48-/m0/s1. The van der Waals surface area contributed by atoms with Crippen LogP contribution >= 0.6 is 11.6 Å². The predicted molar refractivity (Wildman–Crippen MR) is 186 cm³/mol. The number of hydrogen-bond acceptors (Lipinski definition) is 7. The van der Waals surface area contributed by atoms with E-state index in [4.69, 9.17) is 21.1 Å². The number of benzene rings is 2. The van der Waals surface area contributed by atoms with Crippen molar-refractivity contribution in [1.29, 1.82) is 0 Å². The van der Waals surface area contributed by atoms with Crippen molar-refractivity contribution in [2.75, 3.05) is 50.5 Å². The topological polar surface area (TPSA) is 121 Å². The van der Waals surface area contributed by atoms with Crippen molar-refractivity contribution in [3.8, 4) is 5.75 Å². The summed E-state index contributed by atoms with van der Waals surface area (Å²) in [6.07, 6.45) is 9.23. The van der Waals surface area contributed by atoms with Crippen LogP contribution in [0.1, 0.15) is 60.5 Å². The van der Waals surface area contributed by atoms with Gasteiger partial charge in [0.25, 0.3) is 5.91 Å². The Morgan fingerprint density at radius 1 is 1.19 bits per heavy atom. The lowest BCUT2D eigenvalue weighted by Crippen LogP contribution is -2.57. The molecule has 48 heavy (non-hydrogen) atoms. The number of aliphatic hydroxyl groups is 1. The van der Waals surface area contributed by atoms with E-state index >= 15 is 0 Å². The Morgan fingerprint density at radius 3 is 2.77 bits per heavy atom. The zero-order valence-electron chi connectivity index (χ0n) is 27.6. The maximum absolute atomic E-state index is 14.3. The first-order chi connectivity index (χ1) is 23.0. The van der Waals surface area contributed by atoms with Gasteiger partial charge in [-0.25, -0.2) is 9.00 Å². The molecule has 258 valence electrons. The predicted octanol–water partition coefficient (Wildman–Crippen LogP) is 5.36. The molecular weight excluding hydrogens is 652 g/mol. The molecule has 3 aliphatic heterocycles. The van der Waals surface area contributed by atoms with Crippen molar-refractivity contribution >= 4 is 39.1 Å². The van der Waals surface area contributed by atoms with Crippen LogP contribution in [0.4, 0.5) is 10.5 Å². The molecule has 2 bridgehead atoms. The molecule has 1 saturated heterocycles. The average Bonchev–Trinajstić information content (AvgIpc) is 3.17. The number of aryl methyl sites for hydroxylation is 1. The number of carbonyl (C=O) groups is 2. The third-order valence-electron chi connectivity index (χ3n) is 10.9. The number of halogens is 1. The quantitative estimate of drug-likeness (QED) is 0.406. The Balaban J connectivity index is 1.29. The van der Waals surface area contributed by atoms with E-state index in [1.54, 1.807) is 13.2 Å². The van der Waals surface area contributed by atoms with Gasteiger partial charge in [-0.05, 0) is 97.7 Å². The fraction of sp³-hybridized carbons (Fsp3) is 0.556. The first kappa shape index (κ1) is 33.4. The van der Waals surface area contributed by atoms with Crippen LogP contribution in [-0.2, 0) is 26.5 Å². The molecule has 10 nitrogen and oxygen atoms in total. The first-order valence-corrected chi connectivity index (χ1v) is 19.1. The Bertz CT molecular complexity index is 1740. The maximum atomic E-state index is 14.3. The van der Waals surface area contributed by atoms with Crippen molar-refractivity contribution in [2.24, 2.45) is 22.1 Å². The molecule has 2 aromatic carbocycles. The molecule has 6 atom stereocenters. The number of nitrogens with one attached hydrogen (secondary N) is 1. The summed E-state index contributed by atoms with van der Waals surface area (Å²) in [5.74, 6) is 0.629. The monoisotopic (exact) mass is 696 g/mol. The molecule has 2 fully saturated rings. The lowest BCUT2D eigenvalue weighted by atomic mass is 9.68. The summed E-state index contributed by atoms with van der Waals surface area (Å²) in [5, 5.41) is 10.4. The number of carbonyl (C=O) groups excluding carboxylic acids is 2. The third kappa shape index (κ3) is 6.58. The Hall–Kier alpha value is -3.12. The largest absolute Gasteiger partial charge is 0.490 e. The lowest BCUT2D eigenvalue weighted by Gasteiger charge is -2.46. The van der Waals surface area contributed by atoms with Gasteiger partial charge in [0.2, 0.25) is 0 Å². The number of ether oxygens (including phenoxy) is 2. The number of allylic oxidation sites excluding steroid dienone is 1. The summed E-state index contributed by atoms with van der Waals surface area (Å²) in [4.78, 5) is 30.6. The highest BCUT2D eigenvalue weighted by Crippen LogP contribution is 2.47. The lowest BCUT2D eigenvalue weighted by molar-refractivity contribution is 0.0131. The molecule has 3 heterocycles. The number of amides is 3. The van der Waals surface area contributed by atoms with E-state index in [9.17, 15) is 18.9 Å². The maximum Gasteiger partial charge on any atom is 0.330 e. The molecule has 2 aliphatic carbocycles. The number of aliphatic hydroxyl groups excluding tert-OH is 1. The number of hydrogen-bond donors (Lipinski definition) is 2. The number of anilines is 1. The first-order valence-electron chi connectivity index (χ1n) is 17.1. The number of fused-ring (bicyclic) bond motifs is 4. The summed E-state index contributed by atoms with van der Waals surface area (Å²) in [5.41, 5.74) is 3.37. The van der Waals surface area contributed by atoms with Crippen molar-refractivity contribution in [2.45, 2.75) is 63.1 Å². The highest BCUT2D eigenvalue weighted by atomic mass is 35.5. The van der Waals surface area contributed by atoms with Gasteiger partial charge in [-0.3, -0.25) is 9.52 Å². The molecule has 2 aromatic rings. The summed E-state index contributed by atoms with van der Waals surface area (Å²) < 4.78 is 33.7. The van der Waals surface area contributed by atoms with Crippen LogP contribution < -0.4 is 14.4 Å². The number of nitrogens with zero attached hydrogens (tertiary/aromatic N) is 3. The van der Waals surface area contributed by atoms with E-state index in [2.05, 4.69) is 38.3 Å². The number of likely N-dealkylation sites (tertiary alicyclic amines) is 1. The van der Waals surface area contributed by atoms with Gasteiger partial charge in [0.05, 0.1) is 43.3 Å². The van der Waals surface area contributed by atoms with Crippen LogP contribution in [-0.4, -0.2) is 84.0 Å². The summed E-state index contributed by atoms with van der Waals surface area (Å²) in [6.45, 7) is 4.22. The highest BCUT2D eigenvalue weighted by molar-refractivity contribution is 7.92. The molecule has 1 saturated carbocycles. The normalized spacial score (nSPS) is 32.8. The van der Waals surface area contributed by atoms with Gasteiger partial charge >= 0.3 is 6.03 Å². The minimum atomic E-state index is -3.50. The third-order valence-corrected chi connectivity index (χ3v) is 13.1. The minimum absolute atomic E-state index is 0.00103. The molecule has 3 amide bonds. The number of urea groups is 1. The van der Waals surface area contributed by atoms with Crippen LogP contribution in [0.5, 0.6) is 5.75 Å². The second-order valence-electron chi connectivity index (χ2n) is 14.4. The van der Waals surface area contributed by atoms with E-state index in [1.807, 2.05) is 25.1 Å². The van der Waals surface area contributed by atoms with Gasteiger partial charge < -0.3 is 24.4 Å². The molecule has 5 aliphatic rings. The van der Waals surface area contributed by atoms with Crippen LogP contribution in [0, 0.1) is 17.8 Å². The van der Waals surface area contributed by atoms with Gasteiger partial charge in [0, 0.05) is 36.2 Å². The minimum Gasteiger partial charge on any atom is -0.490 e. The molecule has 12 heteroatoms. The van der Waals surface area contributed by atoms with E-state index in [0.29, 0.717) is 37.2 Å². The van der Waals surface area contributed by atoms with Crippen LogP contribution in [0.2, 0.25) is 5.02 Å². The van der Waals surface area contributed by atoms with Crippen molar-refractivity contribution in [1.82, 2.24) is 9.62 Å². The summed E-state index contributed by atoms with van der Waals surface area (Å²) in [7, 11) is -1.74. The fourth-order valence-corrected chi connectivity index (χ4v) is 10.3. The number of β-amino-alcohol motifs (C(OH)–C–C–N with tert-alkyl or cyclic N) is 1. The molecule has 7 rings (SSSR count). The SMILES string of the molecule is CO[C@H]1/C=C/C[C@H](C)C[S@@](=O)(NC(=O)N2CC(O)C2)=NC(=O)c2ccc3c(c2)N(C[C@@H]2CC[C@H]21)C[C@@]1(CCCc2cc(Cl)ccc21)CO3. The van der Waals surface area contributed by atoms with Crippen LogP contribution in [0.3, 0.4) is 0 Å². The molecule has 0 aromatic heterocycles. The molecule has 2 N–H and O–H groups in total. The molecule has 1 spiro atoms. The zero-order chi connectivity index (χ0) is 33.6. The molecular formula is C36H45ClN4O6S. The second-order valence-corrected chi connectivity index (χ2v) is 16.9. The molecule has 0 unspecified atom stereocenters. The van der Waals surface area contributed by atoms with E-state index in [1.165, 1.54) is 16.0 Å². The van der Waals surface area contributed by atoms with Crippen LogP contribution in [0.15, 0.2) is 52.9 Å². The Kier molecular flexibility index (Phi) is 9.25. The van der Waals surface area contributed by atoms with E-state index < -0.39 is 28.0 Å². The van der Waals surface area contributed by atoms with E-state index in [-0.39, 0.29) is 41.8 Å². The summed E-state index contributed by atoms with van der Waals surface area (Å²) >= 11 is 6.44. The smallest absolute Gasteiger partial charge is 0.330 e. The van der Waals surface area contributed by atoms with Crippen molar-refractivity contribution in [3.63, 3.8) is 0 Å². The number of rotatable bonds is 2. The van der Waals surface area contributed by atoms with Crippen LogP contribution in [0.25, 0.3) is 0 Å². The highest BCUT2D eigenvalue weighted by Gasteiger charge is 2.44. The molecule has 0 radical (unpaired) electrons. The van der Waals surface area contributed by atoms with E-state index in [0.717, 1.165) is 49.4 Å². The van der Waals surface area contributed by atoms with Crippen molar-refractivity contribution in [3.05, 3.63) is 70.3 Å². The fourth-order valence-electron chi connectivity index (χ4n) is 8.19.